The minimum Gasteiger partial charge on any atom is -0.504 e. The molecule has 0 spiro atoms. The predicted molar refractivity (Wildman–Crippen MR) is 117 cm³/mol. The third kappa shape index (κ3) is 3.13. The number of para-hydroxylation sites is 1. The minimum atomic E-state index is 0.0438. The molecule has 5 nitrogen and oxygen atoms in total. The van der Waals surface area contributed by atoms with Gasteiger partial charge in [-0.2, -0.15) is 0 Å². The van der Waals surface area contributed by atoms with E-state index in [1.807, 2.05) is 29.2 Å². The van der Waals surface area contributed by atoms with Gasteiger partial charge in [-0.05, 0) is 60.9 Å². The molecule has 5 heteroatoms. The Morgan fingerprint density at radius 1 is 1.17 bits per heavy atom. The number of nitrogens with zero attached hydrogens (tertiary/aromatic N) is 1. The van der Waals surface area contributed by atoms with E-state index < -0.39 is 0 Å². The SMILES string of the molecule is COc1cc(C2Nc3c(C(=O)N4CCCCC4)cccc3C3C=CCC32)ccc1O. The number of carbonyl (C=O) groups excluding carboxylic acids is 1. The van der Waals surface area contributed by atoms with Crippen LogP contribution in [0.1, 0.15) is 59.1 Å². The number of rotatable bonds is 3. The monoisotopic (exact) mass is 404 g/mol. The molecule has 2 aromatic carbocycles. The normalized spacial score (nSPS) is 24.7. The van der Waals surface area contributed by atoms with Crippen LogP contribution in [-0.2, 0) is 0 Å². The zero-order valence-electron chi connectivity index (χ0n) is 17.3. The molecule has 0 saturated carbocycles. The highest BCUT2D eigenvalue weighted by Crippen LogP contribution is 2.51. The predicted octanol–water partition coefficient (Wildman–Crippen LogP) is 4.85. The van der Waals surface area contributed by atoms with Crippen molar-refractivity contribution in [3.63, 3.8) is 0 Å². The van der Waals surface area contributed by atoms with Gasteiger partial charge in [0.25, 0.3) is 5.91 Å². The number of allylic oxidation sites excluding steroid dienone is 2. The highest BCUT2D eigenvalue weighted by molar-refractivity contribution is 6.01. The first-order valence-corrected chi connectivity index (χ1v) is 10.9. The molecule has 2 aromatic rings. The van der Waals surface area contributed by atoms with Crippen LogP contribution in [0.15, 0.2) is 48.6 Å². The van der Waals surface area contributed by atoms with Crippen LogP contribution in [0.25, 0.3) is 0 Å². The van der Waals surface area contributed by atoms with Gasteiger partial charge in [0.15, 0.2) is 11.5 Å². The van der Waals surface area contributed by atoms with Gasteiger partial charge in [-0.25, -0.2) is 0 Å². The summed E-state index contributed by atoms with van der Waals surface area (Å²) in [4.78, 5) is 15.4. The number of phenolic OH excluding ortho intramolecular Hbond substituents is 1. The Hall–Kier alpha value is -2.95. The Bertz CT molecular complexity index is 994. The molecule has 5 rings (SSSR count). The summed E-state index contributed by atoms with van der Waals surface area (Å²) in [7, 11) is 1.57. The number of benzene rings is 2. The van der Waals surface area contributed by atoms with Crippen molar-refractivity contribution < 1.29 is 14.6 Å². The molecule has 3 unspecified atom stereocenters. The molecule has 3 aliphatic rings. The lowest BCUT2D eigenvalue weighted by Gasteiger charge is -2.39. The summed E-state index contributed by atoms with van der Waals surface area (Å²) in [6.45, 7) is 1.68. The van der Waals surface area contributed by atoms with Gasteiger partial charge in [-0.3, -0.25) is 4.79 Å². The van der Waals surface area contributed by atoms with Crippen molar-refractivity contribution in [2.75, 3.05) is 25.5 Å². The zero-order chi connectivity index (χ0) is 20.7. The maximum absolute atomic E-state index is 13.4. The number of likely N-dealkylation sites (tertiary alicyclic amines) is 1. The maximum atomic E-state index is 13.4. The molecule has 2 aliphatic heterocycles. The van der Waals surface area contributed by atoms with E-state index in [4.69, 9.17) is 4.74 Å². The number of anilines is 1. The van der Waals surface area contributed by atoms with Crippen molar-refractivity contribution in [2.45, 2.75) is 37.6 Å². The lowest BCUT2D eigenvalue weighted by atomic mass is 9.76. The van der Waals surface area contributed by atoms with E-state index in [9.17, 15) is 9.90 Å². The first-order chi connectivity index (χ1) is 14.7. The summed E-state index contributed by atoms with van der Waals surface area (Å²) < 4.78 is 5.34. The van der Waals surface area contributed by atoms with E-state index in [1.54, 1.807) is 13.2 Å². The topological polar surface area (TPSA) is 61.8 Å². The molecule has 1 amide bonds. The van der Waals surface area contributed by atoms with E-state index >= 15 is 0 Å². The fourth-order valence-electron chi connectivity index (χ4n) is 5.28. The Kier molecular flexibility index (Phi) is 4.89. The molecule has 30 heavy (non-hydrogen) atoms. The number of ether oxygens (including phenoxy) is 1. The number of carbonyl (C=O) groups is 1. The van der Waals surface area contributed by atoms with E-state index in [2.05, 4.69) is 23.5 Å². The molecule has 0 aromatic heterocycles. The number of fused-ring (bicyclic) bond motifs is 3. The molecule has 1 aliphatic carbocycles. The summed E-state index contributed by atoms with van der Waals surface area (Å²) in [5, 5.41) is 13.8. The fourth-order valence-corrected chi connectivity index (χ4v) is 5.28. The van der Waals surface area contributed by atoms with Crippen LogP contribution in [0.3, 0.4) is 0 Å². The van der Waals surface area contributed by atoms with Gasteiger partial charge in [0, 0.05) is 19.0 Å². The van der Waals surface area contributed by atoms with Gasteiger partial charge in [-0.1, -0.05) is 30.4 Å². The lowest BCUT2D eigenvalue weighted by molar-refractivity contribution is 0.0725. The number of nitrogens with one attached hydrogen (secondary N) is 1. The molecular formula is C25H28N2O3. The van der Waals surface area contributed by atoms with Crippen molar-refractivity contribution in [1.29, 1.82) is 0 Å². The summed E-state index contributed by atoms with van der Waals surface area (Å²) in [5.41, 5.74) is 4.00. The van der Waals surface area contributed by atoms with E-state index in [1.165, 1.54) is 12.0 Å². The molecule has 2 N–H and O–H groups in total. The van der Waals surface area contributed by atoms with Crippen molar-refractivity contribution >= 4 is 11.6 Å². The van der Waals surface area contributed by atoms with Crippen LogP contribution < -0.4 is 10.1 Å². The Morgan fingerprint density at radius 3 is 2.80 bits per heavy atom. The van der Waals surface area contributed by atoms with Crippen LogP contribution in [0, 0.1) is 5.92 Å². The molecule has 1 fully saturated rings. The number of piperidine rings is 1. The van der Waals surface area contributed by atoms with Crippen LogP contribution >= 0.6 is 0 Å². The van der Waals surface area contributed by atoms with Gasteiger partial charge in [0.05, 0.1) is 24.4 Å². The average Bonchev–Trinajstić information content (AvgIpc) is 3.29. The maximum Gasteiger partial charge on any atom is 0.255 e. The minimum absolute atomic E-state index is 0.0438. The van der Waals surface area contributed by atoms with Gasteiger partial charge in [-0.15, -0.1) is 0 Å². The van der Waals surface area contributed by atoms with E-state index in [0.717, 1.165) is 49.2 Å². The first-order valence-electron chi connectivity index (χ1n) is 10.9. The van der Waals surface area contributed by atoms with Crippen LogP contribution in [-0.4, -0.2) is 36.1 Å². The molecule has 0 radical (unpaired) electrons. The molecule has 2 heterocycles. The second-order valence-corrected chi connectivity index (χ2v) is 8.53. The van der Waals surface area contributed by atoms with Gasteiger partial charge < -0.3 is 20.1 Å². The Morgan fingerprint density at radius 2 is 2.00 bits per heavy atom. The van der Waals surface area contributed by atoms with Crippen molar-refractivity contribution in [3.05, 3.63) is 65.2 Å². The van der Waals surface area contributed by atoms with E-state index in [-0.39, 0.29) is 23.6 Å². The zero-order valence-corrected chi connectivity index (χ0v) is 17.3. The molecular weight excluding hydrogens is 376 g/mol. The van der Waals surface area contributed by atoms with Crippen molar-refractivity contribution in [2.24, 2.45) is 5.92 Å². The Labute approximate surface area is 177 Å². The number of hydrogen-bond donors (Lipinski definition) is 2. The number of amides is 1. The quantitative estimate of drug-likeness (QED) is 0.718. The van der Waals surface area contributed by atoms with E-state index in [0.29, 0.717) is 11.7 Å². The first kappa shape index (κ1) is 19.0. The third-order valence-electron chi connectivity index (χ3n) is 6.83. The molecule has 3 atom stereocenters. The van der Waals surface area contributed by atoms with Crippen LogP contribution in [0.2, 0.25) is 0 Å². The lowest BCUT2D eigenvalue weighted by Crippen LogP contribution is -2.37. The van der Waals surface area contributed by atoms with Gasteiger partial charge >= 0.3 is 0 Å². The summed E-state index contributed by atoms with van der Waals surface area (Å²) in [5.74, 6) is 1.38. The highest BCUT2D eigenvalue weighted by atomic mass is 16.5. The summed E-state index contributed by atoms with van der Waals surface area (Å²) in [6, 6.07) is 11.7. The van der Waals surface area contributed by atoms with Crippen molar-refractivity contribution in [3.8, 4) is 11.5 Å². The summed E-state index contributed by atoms with van der Waals surface area (Å²) >= 11 is 0. The second-order valence-electron chi connectivity index (χ2n) is 8.53. The molecule has 156 valence electrons. The second kappa shape index (κ2) is 7.71. The molecule has 0 bridgehead atoms. The number of hydrogen-bond acceptors (Lipinski definition) is 4. The summed E-state index contributed by atoms with van der Waals surface area (Å²) in [6.07, 6.45) is 8.87. The third-order valence-corrected chi connectivity index (χ3v) is 6.83. The van der Waals surface area contributed by atoms with Crippen LogP contribution in [0.4, 0.5) is 5.69 Å². The molecule has 1 saturated heterocycles. The largest absolute Gasteiger partial charge is 0.504 e. The van der Waals surface area contributed by atoms with Gasteiger partial charge in [0.1, 0.15) is 0 Å². The van der Waals surface area contributed by atoms with Gasteiger partial charge in [0.2, 0.25) is 0 Å². The van der Waals surface area contributed by atoms with Crippen molar-refractivity contribution in [1.82, 2.24) is 4.90 Å². The number of methoxy groups -OCH3 is 1. The number of aromatic hydroxyl groups is 1. The smallest absolute Gasteiger partial charge is 0.255 e. The van der Waals surface area contributed by atoms with Crippen LogP contribution in [0.5, 0.6) is 11.5 Å². The fraction of sp³-hybridized carbons (Fsp3) is 0.400. The average molecular weight is 405 g/mol. The number of phenols is 1. The Balaban J connectivity index is 1.55. The standard InChI is InChI=1S/C25H28N2O3/c1-30-22-15-16(11-12-21(22)28)23-18-8-5-7-17(18)19-9-6-10-20(24(19)26-23)25(29)27-13-3-2-4-14-27/h5-7,9-12,15,17-18,23,26,28H,2-4,8,13-14H2,1H3. The highest BCUT2D eigenvalue weighted by Gasteiger charge is 2.39.